The van der Waals surface area contributed by atoms with E-state index in [1.165, 1.54) is 24.5 Å². The number of aromatic nitrogens is 1. The largest absolute Gasteiger partial charge is 0.496 e. The fourth-order valence-corrected chi connectivity index (χ4v) is 2.95. The van der Waals surface area contributed by atoms with Gasteiger partial charge in [-0.05, 0) is 37.2 Å². The molecule has 0 amide bonds. The minimum Gasteiger partial charge on any atom is -0.496 e. The molecule has 2 N–H and O–H groups in total. The summed E-state index contributed by atoms with van der Waals surface area (Å²) in [5.41, 5.74) is 6.29. The summed E-state index contributed by atoms with van der Waals surface area (Å²) in [7, 11) is 1.54. The van der Waals surface area contributed by atoms with Gasteiger partial charge in [-0.15, -0.1) is 11.3 Å². The first-order valence-corrected chi connectivity index (χ1v) is 7.70. The van der Waals surface area contributed by atoms with Crippen LogP contribution < -0.4 is 15.4 Å². The van der Waals surface area contributed by atoms with E-state index in [2.05, 4.69) is 4.98 Å². The van der Waals surface area contributed by atoms with Gasteiger partial charge in [-0.25, -0.2) is 9.37 Å². The van der Waals surface area contributed by atoms with Crippen LogP contribution in [0.25, 0.3) is 0 Å². The second-order valence-corrected chi connectivity index (χ2v) is 5.62. The SMILES string of the molecule is COc1cccc(F)c1CCCN(C(N)=S)c1nccs1. The van der Waals surface area contributed by atoms with E-state index in [0.717, 1.165) is 5.13 Å². The van der Waals surface area contributed by atoms with Crippen molar-refractivity contribution in [1.29, 1.82) is 0 Å². The summed E-state index contributed by atoms with van der Waals surface area (Å²) in [6, 6.07) is 4.82. The van der Waals surface area contributed by atoms with Crippen molar-refractivity contribution >= 4 is 33.8 Å². The Morgan fingerprint density at radius 2 is 2.33 bits per heavy atom. The Morgan fingerprint density at radius 1 is 1.52 bits per heavy atom. The molecule has 0 aliphatic rings. The highest BCUT2D eigenvalue weighted by Crippen LogP contribution is 2.23. The third kappa shape index (κ3) is 3.89. The number of nitrogens with zero attached hydrogens (tertiary/aromatic N) is 2. The quantitative estimate of drug-likeness (QED) is 0.828. The fourth-order valence-electron chi connectivity index (χ4n) is 2.04. The topological polar surface area (TPSA) is 51.4 Å². The molecule has 0 unspecified atom stereocenters. The van der Waals surface area contributed by atoms with E-state index in [1.54, 1.807) is 23.2 Å². The van der Waals surface area contributed by atoms with E-state index in [4.69, 9.17) is 22.7 Å². The van der Waals surface area contributed by atoms with Crippen LogP contribution in [0.1, 0.15) is 12.0 Å². The van der Waals surface area contributed by atoms with Gasteiger partial charge in [-0.2, -0.15) is 0 Å². The summed E-state index contributed by atoms with van der Waals surface area (Å²) >= 11 is 6.51. The number of ether oxygens (including phenoxy) is 1. The monoisotopic (exact) mass is 325 g/mol. The van der Waals surface area contributed by atoms with Crippen LogP contribution in [-0.4, -0.2) is 23.8 Å². The number of rotatable bonds is 6. The molecule has 1 aromatic carbocycles. The van der Waals surface area contributed by atoms with Crippen LogP contribution in [0.4, 0.5) is 9.52 Å². The standard InChI is InChI=1S/C14H16FN3OS2/c1-19-12-6-2-5-11(15)10(12)4-3-8-18(13(16)20)14-17-7-9-21-14/h2,5-7,9H,3-4,8H2,1H3,(H2,16,20). The van der Waals surface area contributed by atoms with E-state index >= 15 is 0 Å². The highest BCUT2D eigenvalue weighted by atomic mass is 32.1. The average Bonchev–Trinajstić information content (AvgIpc) is 2.98. The van der Waals surface area contributed by atoms with Crippen LogP contribution in [0.15, 0.2) is 29.8 Å². The van der Waals surface area contributed by atoms with Crippen molar-refractivity contribution in [3.8, 4) is 5.75 Å². The molecule has 2 rings (SSSR count). The first-order chi connectivity index (χ1) is 10.1. The third-order valence-electron chi connectivity index (χ3n) is 3.02. The van der Waals surface area contributed by atoms with Gasteiger partial charge in [0.2, 0.25) is 0 Å². The lowest BCUT2D eigenvalue weighted by molar-refractivity contribution is 0.404. The number of halogens is 1. The first kappa shape index (κ1) is 15.7. The molecule has 21 heavy (non-hydrogen) atoms. The number of methoxy groups -OCH3 is 1. The van der Waals surface area contributed by atoms with E-state index in [1.807, 2.05) is 5.38 Å². The van der Waals surface area contributed by atoms with Crippen LogP contribution in [0, 0.1) is 5.82 Å². The highest BCUT2D eigenvalue weighted by Gasteiger charge is 2.13. The average molecular weight is 325 g/mol. The number of nitrogens with two attached hydrogens (primary N) is 1. The Hall–Kier alpha value is -1.73. The van der Waals surface area contributed by atoms with Gasteiger partial charge in [0, 0.05) is 23.7 Å². The van der Waals surface area contributed by atoms with Gasteiger partial charge in [-0.1, -0.05) is 6.07 Å². The molecule has 0 fully saturated rings. The smallest absolute Gasteiger partial charge is 0.191 e. The van der Waals surface area contributed by atoms with Crippen molar-refractivity contribution in [3.63, 3.8) is 0 Å². The van der Waals surface area contributed by atoms with Gasteiger partial charge in [0.25, 0.3) is 0 Å². The number of thiazole rings is 1. The maximum atomic E-state index is 13.8. The predicted octanol–water partition coefficient (Wildman–Crippen LogP) is 2.97. The molecule has 2 aromatic rings. The van der Waals surface area contributed by atoms with Crippen LogP contribution in [0.3, 0.4) is 0 Å². The second-order valence-electron chi connectivity index (χ2n) is 4.33. The number of hydrogen-bond donors (Lipinski definition) is 1. The van der Waals surface area contributed by atoms with Gasteiger partial charge in [0.05, 0.1) is 7.11 Å². The molecule has 4 nitrogen and oxygen atoms in total. The van der Waals surface area contributed by atoms with Gasteiger partial charge in [0.15, 0.2) is 10.2 Å². The lowest BCUT2D eigenvalue weighted by Gasteiger charge is -2.19. The normalized spacial score (nSPS) is 10.4. The molecule has 0 spiro atoms. The predicted molar refractivity (Wildman–Crippen MR) is 87.5 cm³/mol. The van der Waals surface area contributed by atoms with Gasteiger partial charge in [-0.3, -0.25) is 4.90 Å². The molecule has 7 heteroatoms. The Bertz CT molecular complexity index is 604. The molecule has 0 atom stereocenters. The minimum atomic E-state index is -0.259. The lowest BCUT2D eigenvalue weighted by atomic mass is 10.1. The van der Waals surface area contributed by atoms with E-state index < -0.39 is 0 Å². The van der Waals surface area contributed by atoms with Gasteiger partial charge in [0.1, 0.15) is 11.6 Å². The molecule has 0 saturated carbocycles. The summed E-state index contributed by atoms with van der Waals surface area (Å²) < 4.78 is 19.0. The Labute approximate surface area is 132 Å². The minimum absolute atomic E-state index is 0.259. The zero-order chi connectivity index (χ0) is 15.2. The van der Waals surface area contributed by atoms with E-state index in [0.29, 0.717) is 30.7 Å². The van der Waals surface area contributed by atoms with Crippen molar-refractivity contribution in [2.75, 3.05) is 18.6 Å². The van der Waals surface area contributed by atoms with Gasteiger partial charge >= 0.3 is 0 Å². The van der Waals surface area contributed by atoms with Crippen LogP contribution >= 0.6 is 23.6 Å². The summed E-state index contributed by atoms with van der Waals surface area (Å²) in [5.74, 6) is 0.302. The molecule has 1 heterocycles. The molecular weight excluding hydrogens is 309 g/mol. The Kier molecular flexibility index (Phi) is 5.46. The molecule has 0 aliphatic heterocycles. The number of hydrogen-bond acceptors (Lipinski definition) is 4. The summed E-state index contributed by atoms with van der Waals surface area (Å²) in [4.78, 5) is 5.95. The number of anilines is 1. The Balaban J connectivity index is 2.02. The highest BCUT2D eigenvalue weighted by molar-refractivity contribution is 7.80. The molecule has 0 radical (unpaired) electrons. The molecular formula is C14H16FN3OS2. The number of thiocarbonyl (C=S) groups is 1. The van der Waals surface area contributed by atoms with E-state index in [9.17, 15) is 4.39 Å². The zero-order valence-electron chi connectivity index (χ0n) is 11.6. The Morgan fingerprint density at radius 3 is 2.95 bits per heavy atom. The van der Waals surface area contributed by atoms with Crippen LogP contribution in [0.5, 0.6) is 5.75 Å². The van der Waals surface area contributed by atoms with Crippen molar-refractivity contribution < 1.29 is 9.13 Å². The van der Waals surface area contributed by atoms with Crippen molar-refractivity contribution in [2.24, 2.45) is 5.73 Å². The summed E-state index contributed by atoms with van der Waals surface area (Å²) in [6.45, 7) is 0.584. The maximum absolute atomic E-state index is 13.8. The zero-order valence-corrected chi connectivity index (χ0v) is 13.2. The maximum Gasteiger partial charge on any atom is 0.191 e. The van der Waals surface area contributed by atoms with Crippen LogP contribution in [-0.2, 0) is 6.42 Å². The second kappa shape index (κ2) is 7.33. The van der Waals surface area contributed by atoms with Crippen molar-refractivity contribution in [2.45, 2.75) is 12.8 Å². The van der Waals surface area contributed by atoms with Crippen molar-refractivity contribution in [1.82, 2.24) is 4.98 Å². The summed E-state index contributed by atoms with van der Waals surface area (Å²) in [6.07, 6.45) is 2.93. The molecule has 0 aliphatic carbocycles. The summed E-state index contributed by atoms with van der Waals surface area (Å²) in [5, 5.41) is 2.88. The third-order valence-corrected chi connectivity index (χ3v) is 4.04. The fraction of sp³-hybridized carbons (Fsp3) is 0.286. The molecule has 112 valence electrons. The molecule has 1 aromatic heterocycles. The van der Waals surface area contributed by atoms with Crippen LogP contribution in [0.2, 0.25) is 0 Å². The van der Waals surface area contributed by atoms with E-state index in [-0.39, 0.29) is 10.9 Å². The van der Waals surface area contributed by atoms with Gasteiger partial charge < -0.3 is 10.5 Å². The number of benzene rings is 1. The lowest BCUT2D eigenvalue weighted by Crippen LogP contribution is -2.36. The molecule has 0 bridgehead atoms. The first-order valence-electron chi connectivity index (χ1n) is 6.41. The molecule has 0 saturated heterocycles. The van der Waals surface area contributed by atoms with Crippen molar-refractivity contribution in [3.05, 3.63) is 41.2 Å².